The van der Waals surface area contributed by atoms with E-state index < -0.39 is 30.6 Å². The molecule has 1 saturated heterocycles. The summed E-state index contributed by atoms with van der Waals surface area (Å²) in [5, 5.41) is 0. The molecule has 63 heavy (non-hydrogen) atoms. The van der Waals surface area contributed by atoms with Crippen LogP contribution in [0.5, 0.6) is 0 Å². The van der Waals surface area contributed by atoms with Crippen molar-refractivity contribution < 1.29 is 38.1 Å². The molecule has 0 bridgehead atoms. The Kier molecular flexibility index (Phi) is 30.6. The van der Waals surface area contributed by atoms with Gasteiger partial charge in [-0.05, 0) is 25.7 Å². The zero-order chi connectivity index (χ0) is 45.0. The highest BCUT2D eigenvalue weighted by Crippen LogP contribution is 2.30. The van der Waals surface area contributed by atoms with E-state index in [1.54, 1.807) is 4.57 Å². The molecule has 1 fully saturated rings. The van der Waals surface area contributed by atoms with Gasteiger partial charge in [0.1, 0.15) is 26.0 Å². The summed E-state index contributed by atoms with van der Waals surface area (Å²) in [6, 6.07) is 0. The molecule has 3 heterocycles. The summed E-state index contributed by atoms with van der Waals surface area (Å²) in [4.78, 5) is 61.1. The molecular weight excluding hydrogens is 801 g/mol. The van der Waals surface area contributed by atoms with Gasteiger partial charge in [0, 0.05) is 12.8 Å². The Morgan fingerprint density at radius 2 is 1.08 bits per heavy atom. The fourth-order valence-corrected chi connectivity index (χ4v) is 8.35. The number of hydrogen-bond acceptors (Lipinski definition) is 11. The van der Waals surface area contributed by atoms with Gasteiger partial charge in [0.25, 0.3) is 5.56 Å². The van der Waals surface area contributed by atoms with Crippen molar-refractivity contribution in [1.82, 2.24) is 19.5 Å². The second-order valence-electron chi connectivity index (χ2n) is 17.9. The van der Waals surface area contributed by atoms with E-state index in [1.807, 2.05) is 0 Å². The monoisotopic (exact) mass is 887 g/mol. The molecule has 0 saturated carbocycles. The van der Waals surface area contributed by atoms with Crippen molar-refractivity contribution in [2.75, 3.05) is 19.8 Å². The van der Waals surface area contributed by atoms with Crippen molar-refractivity contribution >= 4 is 29.3 Å². The van der Waals surface area contributed by atoms with Gasteiger partial charge in [-0.25, -0.2) is 14.8 Å². The fraction of sp³-hybridized carbons (Fsp3) is 0.840. The Balaban J connectivity index is 1.29. The van der Waals surface area contributed by atoms with Crippen LogP contribution in [-0.4, -0.2) is 69.6 Å². The molecule has 1 aliphatic heterocycles. The number of rotatable bonds is 40. The Hall–Kier alpha value is -3.48. The van der Waals surface area contributed by atoms with Crippen LogP contribution < -0.4 is 5.56 Å². The maximum atomic E-state index is 12.9. The summed E-state index contributed by atoms with van der Waals surface area (Å²) in [5.41, 5.74) is 0.314. The normalized spacial score (nSPS) is 15.5. The van der Waals surface area contributed by atoms with E-state index in [0.29, 0.717) is 24.9 Å². The number of imidazole rings is 1. The van der Waals surface area contributed by atoms with Crippen molar-refractivity contribution in [3.05, 3.63) is 23.0 Å². The molecule has 1 unspecified atom stereocenters. The molecule has 13 heteroatoms. The van der Waals surface area contributed by atoms with E-state index in [-0.39, 0.29) is 43.3 Å². The quantitative estimate of drug-likeness (QED) is 0.0385. The zero-order valence-corrected chi connectivity index (χ0v) is 39.6. The largest absolute Gasteiger partial charge is 0.508 e. The lowest BCUT2D eigenvalue weighted by atomic mass is 10.0. The van der Waals surface area contributed by atoms with Gasteiger partial charge in [-0.15, -0.1) is 0 Å². The highest BCUT2D eigenvalue weighted by atomic mass is 16.7. The number of hydrogen-bond donors (Lipinski definition) is 1. The van der Waals surface area contributed by atoms with Gasteiger partial charge in [-0.1, -0.05) is 194 Å². The summed E-state index contributed by atoms with van der Waals surface area (Å²) >= 11 is 0. The summed E-state index contributed by atoms with van der Waals surface area (Å²) < 4.78 is 29.6. The molecule has 1 N–H and O–H groups in total. The number of H-pyrrole nitrogens is 1. The number of aromatic amines is 1. The summed E-state index contributed by atoms with van der Waals surface area (Å²) in [7, 11) is 0. The maximum absolute atomic E-state index is 12.9. The molecule has 13 nitrogen and oxygen atoms in total. The summed E-state index contributed by atoms with van der Waals surface area (Å²) in [6.07, 6.45) is 39.3. The number of nitrogens with zero attached hydrogens (tertiary/aromatic N) is 3. The third-order valence-corrected chi connectivity index (χ3v) is 12.2. The molecule has 0 amide bonds. The van der Waals surface area contributed by atoms with E-state index in [4.69, 9.17) is 23.7 Å². The highest BCUT2D eigenvalue weighted by molar-refractivity contribution is 5.70. The van der Waals surface area contributed by atoms with Gasteiger partial charge in [-0.2, -0.15) is 0 Å². The Morgan fingerprint density at radius 3 is 1.59 bits per heavy atom. The molecular formula is C50H86N4O9. The molecule has 360 valence electrons. The van der Waals surface area contributed by atoms with E-state index in [1.165, 1.54) is 167 Å². The highest BCUT2D eigenvalue weighted by Gasteiger charge is 2.30. The standard InChI is InChI=1S/C50H86N4O9/c1-3-5-7-9-11-13-15-17-19-21-23-25-27-29-31-33-45(55)59-38-43(63-46(56)34-32-30-28-26-24-22-20-18-16-14-12-10-8-6-4-2)39-61-50(58)60-37-42-35-36-44(62-42)54-41-53-47-48(54)51-40-52-49(47)57/h40-44H,3-39H2,1-2H3,(H,51,52,57)/t42-,43?,44+/m0/s1. The van der Waals surface area contributed by atoms with Crippen molar-refractivity contribution in [2.24, 2.45) is 0 Å². The Bertz CT molecular complexity index is 1530. The Morgan fingerprint density at radius 1 is 0.619 bits per heavy atom. The van der Waals surface area contributed by atoms with E-state index in [2.05, 4.69) is 28.8 Å². The van der Waals surface area contributed by atoms with Gasteiger partial charge in [0.05, 0.1) is 18.8 Å². The SMILES string of the molecule is CCCCCCCCCCCCCCCCCC(=O)OCC(COC(=O)OC[C@@H]1CC[C@H](n2cnc3c(=O)[nH]cnc32)O1)OC(=O)CCCCCCCCCCCCCCCCC. The van der Waals surface area contributed by atoms with Gasteiger partial charge in [0.2, 0.25) is 0 Å². The van der Waals surface area contributed by atoms with E-state index >= 15 is 0 Å². The third kappa shape index (κ3) is 25.6. The number of nitrogens with one attached hydrogen (secondary N) is 1. The van der Waals surface area contributed by atoms with Crippen LogP contribution in [0, 0.1) is 0 Å². The fourth-order valence-electron chi connectivity index (χ4n) is 8.35. The molecule has 3 atom stereocenters. The average Bonchev–Trinajstić information content (AvgIpc) is 3.95. The smallest absolute Gasteiger partial charge is 0.462 e. The molecule has 1 aliphatic rings. The van der Waals surface area contributed by atoms with Crippen molar-refractivity contribution in [1.29, 1.82) is 0 Å². The van der Waals surface area contributed by atoms with Crippen molar-refractivity contribution in [2.45, 2.75) is 251 Å². The Labute approximate surface area is 379 Å². The van der Waals surface area contributed by atoms with E-state index in [0.717, 1.165) is 38.5 Å². The second kappa shape index (κ2) is 35.8. The van der Waals surface area contributed by atoms with Crippen LogP contribution in [0.15, 0.2) is 17.4 Å². The van der Waals surface area contributed by atoms with Crippen LogP contribution in [0.4, 0.5) is 4.79 Å². The van der Waals surface area contributed by atoms with Crippen LogP contribution in [0.2, 0.25) is 0 Å². The van der Waals surface area contributed by atoms with Crippen LogP contribution in [0.1, 0.15) is 238 Å². The number of fused-ring (bicyclic) bond motifs is 1. The number of unbranched alkanes of at least 4 members (excludes halogenated alkanes) is 28. The second-order valence-corrected chi connectivity index (χ2v) is 17.9. The molecule has 0 spiro atoms. The number of carbonyl (C=O) groups excluding carboxylic acids is 3. The summed E-state index contributed by atoms with van der Waals surface area (Å²) in [5.74, 6) is -0.756. The van der Waals surface area contributed by atoms with Gasteiger partial charge in [0.15, 0.2) is 17.3 Å². The topological polar surface area (TPSA) is 161 Å². The molecule has 0 radical (unpaired) electrons. The molecule has 3 rings (SSSR count). The zero-order valence-electron chi connectivity index (χ0n) is 39.6. The minimum Gasteiger partial charge on any atom is -0.462 e. The lowest BCUT2D eigenvalue weighted by molar-refractivity contribution is -0.162. The minimum atomic E-state index is -0.941. The first-order chi connectivity index (χ1) is 30.9. The predicted molar refractivity (Wildman–Crippen MR) is 249 cm³/mol. The maximum Gasteiger partial charge on any atom is 0.508 e. The number of esters is 2. The first-order valence-corrected chi connectivity index (χ1v) is 25.6. The van der Waals surface area contributed by atoms with Gasteiger partial charge < -0.3 is 28.7 Å². The number of aromatic nitrogens is 4. The van der Waals surface area contributed by atoms with Crippen molar-refractivity contribution in [3.63, 3.8) is 0 Å². The van der Waals surface area contributed by atoms with Crippen LogP contribution >= 0.6 is 0 Å². The first-order valence-electron chi connectivity index (χ1n) is 25.6. The van der Waals surface area contributed by atoms with Gasteiger partial charge in [-0.3, -0.25) is 19.0 Å². The van der Waals surface area contributed by atoms with Crippen LogP contribution in [0.3, 0.4) is 0 Å². The predicted octanol–water partition coefficient (Wildman–Crippen LogP) is 12.9. The minimum absolute atomic E-state index is 0.0478. The molecule has 2 aromatic rings. The number of carbonyl (C=O) groups is 3. The molecule has 0 aliphatic carbocycles. The van der Waals surface area contributed by atoms with Crippen LogP contribution in [-0.2, 0) is 33.3 Å². The van der Waals surface area contributed by atoms with Crippen LogP contribution in [0.25, 0.3) is 11.2 Å². The van der Waals surface area contributed by atoms with E-state index in [9.17, 15) is 19.2 Å². The number of ether oxygens (including phenoxy) is 5. The molecule has 2 aromatic heterocycles. The lowest BCUT2D eigenvalue weighted by Gasteiger charge is -2.19. The third-order valence-electron chi connectivity index (χ3n) is 12.2. The van der Waals surface area contributed by atoms with Gasteiger partial charge >= 0.3 is 18.1 Å². The van der Waals surface area contributed by atoms with Crippen molar-refractivity contribution in [3.8, 4) is 0 Å². The average molecular weight is 887 g/mol. The lowest BCUT2D eigenvalue weighted by Crippen LogP contribution is -2.31. The first kappa shape index (κ1) is 53.9. The molecule has 0 aromatic carbocycles. The summed E-state index contributed by atoms with van der Waals surface area (Å²) in [6.45, 7) is 3.98.